The Morgan fingerprint density at radius 3 is 2.88 bits per heavy atom. The van der Waals surface area contributed by atoms with E-state index < -0.39 is 0 Å². The third kappa shape index (κ3) is 3.82. The fraction of sp³-hybridized carbons (Fsp3) is 0.389. The number of hydrogen-bond donors (Lipinski definition) is 1. The standard InChI is InChI=1S/C18H20BrN3O3/c1-11(8-21-17(23)16-5-6-25-16)22(2)18(24)12-3-4-13-9-20-10-15(19)14(13)7-12/h3-4,7,9-11,16H,5-6,8H2,1-2H3,(H,21,23). The van der Waals surface area contributed by atoms with E-state index in [1.54, 1.807) is 30.4 Å². The predicted octanol–water partition coefficient (Wildman–Crippen LogP) is 2.36. The average molecular weight is 406 g/mol. The molecule has 6 nitrogen and oxygen atoms in total. The summed E-state index contributed by atoms with van der Waals surface area (Å²) in [6.07, 6.45) is 3.90. The molecule has 3 rings (SSSR count). The lowest BCUT2D eigenvalue weighted by molar-refractivity contribution is -0.145. The van der Waals surface area contributed by atoms with E-state index >= 15 is 0 Å². The highest BCUT2D eigenvalue weighted by atomic mass is 79.9. The first-order chi connectivity index (χ1) is 12.0. The molecular weight excluding hydrogens is 386 g/mol. The van der Waals surface area contributed by atoms with Crippen LogP contribution in [-0.4, -0.2) is 54.0 Å². The Balaban J connectivity index is 1.66. The van der Waals surface area contributed by atoms with Crippen molar-refractivity contribution in [2.45, 2.75) is 25.5 Å². The first-order valence-corrected chi connectivity index (χ1v) is 8.96. The third-order valence-electron chi connectivity index (χ3n) is 4.50. The van der Waals surface area contributed by atoms with Crippen LogP contribution in [0.1, 0.15) is 23.7 Å². The van der Waals surface area contributed by atoms with Crippen molar-refractivity contribution in [2.24, 2.45) is 0 Å². The van der Waals surface area contributed by atoms with Gasteiger partial charge in [-0.15, -0.1) is 0 Å². The molecule has 2 aromatic rings. The molecule has 1 N–H and O–H groups in total. The predicted molar refractivity (Wildman–Crippen MR) is 98.4 cm³/mol. The van der Waals surface area contributed by atoms with Crippen molar-refractivity contribution in [3.8, 4) is 0 Å². The van der Waals surface area contributed by atoms with Gasteiger partial charge in [-0.1, -0.05) is 6.07 Å². The maximum absolute atomic E-state index is 12.7. The zero-order valence-electron chi connectivity index (χ0n) is 14.2. The molecule has 1 aromatic heterocycles. The van der Waals surface area contributed by atoms with E-state index in [-0.39, 0.29) is 24.0 Å². The fourth-order valence-corrected chi connectivity index (χ4v) is 3.07. The number of carbonyl (C=O) groups excluding carboxylic acids is 2. The second-order valence-corrected chi connectivity index (χ2v) is 7.07. The van der Waals surface area contributed by atoms with E-state index in [0.717, 1.165) is 21.7 Å². The van der Waals surface area contributed by atoms with E-state index in [0.29, 0.717) is 18.7 Å². The van der Waals surface area contributed by atoms with Crippen molar-refractivity contribution in [1.82, 2.24) is 15.2 Å². The van der Waals surface area contributed by atoms with Crippen molar-refractivity contribution < 1.29 is 14.3 Å². The summed E-state index contributed by atoms with van der Waals surface area (Å²) >= 11 is 3.47. The smallest absolute Gasteiger partial charge is 0.253 e. The Labute approximate surface area is 154 Å². The minimum atomic E-state index is -0.334. The molecular formula is C18H20BrN3O3. The number of carbonyl (C=O) groups is 2. The van der Waals surface area contributed by atoms with Crippen LogP contribution < -0.4 is 5.32 Å². The van der Waals surface area contributed by atoms with Crippen LogP contribution in [-0.2, 0) is 9.53 Å². The molecule has 2 heterocycles. The number of benzene rings is 1. The minimum absolute atomic E-state index is 0.0905. The molecule has 0 aliphatic carbocycles. The van der Waals surface area contributed by atoms with Crippen LogP contribution in [0.2, 0.25) is 0 Å². The number of pyridine rings is 1. The summed E-state index contributed by atoms with van der Waals surface area (Å²) in [4.78, 5) is 30.3. The topological polar surface area (TPSA) is 71.5 Å². The molecule has 25 heavy (non-hydrogen) atoms. The average Bonchev–Trinajstić information content (AvgIpc) is 2.57. The van der Waals surface area contributed by atoms with Gasteiger partial charge in [0, 0.05) is 53.9 Å². The molecule has 0 spiro atoms. The lowest BCUT2D eigenvalue weighted by Gasteiger charge is -2.28. The molecule has 2 unspecified atom stereocenters. The number of amides is 2. The van der Waals surface area contributed by atoms with Gasteiger partial charge in [0.05, 0.1) is 6.61 Å². The highest BCUT2D eigenvalue weighted by Crippen LogP contribution is 2.24. The van der Waals surface area contributed by atoms with Crippen LogP contribution in [0.4, 0.5) is 0 Å². The van der Waals surface area contributed by atoms with Crippen molar-refractivity contribution in [1.29, 1.82) is 0 Å². The quantitative estimate of drug-likeness (QED) is 0.828. The summed E-state index contributed by atoms with van der Waals surface area (Å²) in [5.74, 6) is -0.201. The van der Waals surface area contributed by atoms with Gasteiger partial charge in [-0.25, -0.2) is 0 Å². The Morgan fingerprint density at radius 1 is 1.44 bits per heavy atom. The largest absolute Gasteiger partial charge is 0.368 e. The molecule has 7 heteroatoms. The third-order valence-corrected chi connectivity index (χ3v) is 5.14. The van der Waals surface area contributed by atoms with Crippen LogP contribution in [0.15, 0.2) is 35.1 Å². The monoisotopic (exact) mass is 405 g/mol. The van der Waals surface area contributed by atoms with Crippen molar-refractivity contribution in [3.05, 3.63) is 40.6 Å². The molecule has 2 atom stereocenters. The van der Waals surface area contributed by atoms with Gasteiger partial charge in [-0.2, -0.15) is 0 Å². The van der Waals surface area contributed by atoms with Gasteiger partial charge in [0.15, 0.2) is 0 Å². The van der Waals surface area contributed by atoms with Crippen LogP contribution in [0.5, 0.6) is 0 Å². The van der Waals surface area contributed by atoms with Crippen LogP contribution in [0, 0.1) is 0 Å². The number of likely N-dealkylation sites (N-methyl/N-ethyl adjacent to an activating group) is 1. The number of nitrogens with zero attached hydrogens (tertiary/aromatic N) is 2. The first kappa shape index (κ1) is 17.8. The van der Waals surface area contributed by atoms with Crippen molar-refractivity contribution >= 4 is 38.5 Å². The highest BCUT2D eigenvalue weighted by molar-refractivity contribution is 9.10. The van der Waals surface area contributed by atoms with Crippen molar-refractivity contribution in [2.75, 3.05) is 20.2 Å². The van der Waals surface area contributed by atoms with Crippen LogP contribution in [0.3, 0.4) is 0 Å². The number of nitrogens with one attached hydrogen (secondary N) is 1. The summed E-state index contributed by atoms with van der Waals surface area (Å²) in [5.41, 5.74) is 0.599. The second-order valence-electron chi connectivity index (χ2n) is 6.22. The maximum atomic E-state index is 12.7. The van der Waals surface area contributed by atoms with E-state index in [4.69, 9.17) is 4.74 Å². The number of aromatic nitrogens is 1. The van der Waals surface area contributed by atoms with E-state index in [9.17, 15) is 9.59 Å². The SMILES string of the molecule is CC(CNC(=O)C1CCO1)N(C)C(=O)c1ccc2cncc(Br)c2c1. The molecule has 1 fully saturated rings. The van der Waals surface area contributed by atoms with Gasteiger partial charge >= 0.3 is 0 Å². The lowest BCUT2D eigenvalue weighted by Crippen LogP contribution is -2.48. The lowest BCUT2D eigenvalue weighted by atomic mass is 10.1. The number of hydrogen-bond acceptors (Lipinski definition) is 4. The van der Waals surface area contributed by atoms with Crippen LogP contribution in [0.25, 0.3) is 10.8 Å². The van der Waals surface area contributed by atoms with Crippen molar-refractivity contribution in [3.63, 3.8) is 0 Å². The second kappa shape index (κ2) is 7.49. The van der Waals surface area contributed by atoms with Crippen LogP contribution >= 0.6 is 15.9 Å². The van der Waals surface area contributed by atoms with E-state index in [1.807, 2.05) is 19.1 Å². The van der Waals surface area contributed by atoms with Gasteiger partial charge in [-0.3, -0.25) is 14.6 Å². The first-order valence-electron chi connectivity index (χ1n) is 8.17. The zero-order valence-corrected chi connectivity index (χ0v) is 15.7. The fourth-order valence-electron chi connectivity index (χ4n) is 2.61. The molecule has 1 aliphatic rings. The summed E-state index contributed by atoms with van der Waals surface area (Å²) in [6, 6.07) is 5.40. The molecule has 0 radical (unpaired) electrons. The number of halogens is 1. The molecule has 2 amide bonds. The minimum Gasteiger partial charge on any atom is -0.368 e. The highest BCUT2D eigenvalue weighted by Gasteiger charge is 2.27. The van der Waals surface area contributed by atoms with Gasteiger partial charge < -0.3 is 15.0 Å². The summed E-state index contributed by atoms with van der Waals surface area (Å²) in [5, 5.41) is 4.75. The Hall–Kier alpha value is -1.99. The maximum Gasteiger partial charge on any atom is 0.253 e. The van der Waals surface area contributed by atoms with Gasteiger partial charge in [0.25, 0.3) is 5.91 Å². The molecule has 0 saturated carbocycles. The van der Waals surface area contributed by atoms with Gasteiger partial charge in [-0.05, 0) is 40.4 Å². The molecule has 1 saturated heterocycles. The Morgan fingerprint density at radius 2 is 2.20 bits per heavy atom. The molecule has 132 valence electrons. The van der Waals surface area contributed by atoms with E-state index in [2.05, 4.69) is 26.2 Å². The molecule has 1 aromatic carbocycles. The summed E-state index contributed by atoms with van der Waals surface area (Å²) < 4.78 is 6.00. The Bertz CT molecular complexity index is 807. The zero-order chi connectivity index (χ0) is 18.0. The Kier molecular flexibility index (Phi) is 5.34. The number of fused-ring (bicyclic) bond motifs is 1. The normalized spacial score (nSPS) is 17.6. The summed E-state index contributed by atoms with van der Waals surface area (Å²) in [6.45, 7) is 2.93. The number of rotatable bonds is 5. The molecule has 0 bridgehead atoms. The van der Waals surface area contributed by atoms with Gasteiger partial charge in [0.2, 0.25) is 5.91 Å². The number of ether oxygens (including phenoxy) is 1. The molecule has 1 aliphatic heterocycles. The van der Waals surface area contributed by atoms with Gasteiger partial charge in [0.1, 0.15) is 6.10 Å². The van der Waals surface area contributed by atoms with E-state index in [1.165, 1.54) is 0 Å². The summed E-state index contributed by atoms with van der Waals surface area (Å²) in [7, 11) is 1.74.